The zero-order chi connectivity index (χ0) is 12.8. The van der Waals surface area contributed by atoms with Gasteiger partial charge >= 0.3 is 0 Å². The van der Waals surface area contributed by atoms with Crippen LogP contribution in [-0.2, 0) is 6.42 Å². The van der Waals surface area contributed by atoms with Gasteiger partial charge in [-0.1, -0.05) is 18.9 Å². The Labute approximate surface area is 110 Å². The largest absolute Gasteiger partial charge is 0.481 e. The van der Waals surface area contributed by atoms with Crippen molar-refractivity contribution in [2.24, 2.45) is 0 Å². The number of fused-ring (bicyclic) bond motifs is 1. The number of nitrogens with one attached hydrogen (secondary N) is 1. The van der Waals surface area contributed by atoms with E-state index in [2.05, 4.69) is 42.3 Å². The topological polar surface area (TPSA) is 21.3 Å². The smallest absolute Gasteiger partial charge is 0.149 e. The fourth-order valence-electron chi connectivity index (χ4n) is 2.52. The highest BCUT2D eigenvalue weighted by atomic mass is 16.5. The first-order valence-electron chi connectivity index (χ1n) is 6.73. The molecule has 0 amide bonds. The van der Waals surface area contributed by atoms with Crippen molar-refractivity contribution in [2.45, 2.75) is 39.2 Å². The van der Waals surface area contributed by atoms with Crippen molar-refractivity contribution in [3.05, 3.63) is 29.3 Å². The molecule has 2 heteroatoms. The molecule has 1 atom stereocenters. The zero-order valence-corrected chi connectivity index (χ0v) is 11.3. The standard InChI is InChI=1S/C16H21NO/c1-3-5-11-18-14-10-9-13-7-6-8-16(17-4-2)15(13)12-14/h9-10,12,16-17H,4,6-8,11H2,1-2H3. The lowest BCUT2D eigenvalue weighted by Crippen LogP contribution is -2.24. The van der Waals surface area contributed by atoms with Crippen LogP contribution in [0.25, 0.3) is 0 Å². The minimum Gasteiger partial charge on any atom is -0.481 e. The summed E-state index contributed by atoms with van der Waals surface area (Å²) < 4.78 is 5.64. The summed E-state index contributed by atoms with van der Waals surface area (Å²) in [6, 6.07) is 6.93. The molecule has 0 radical (unpaired) electrons. The Morgan fingerprint density at radius 2 is 2.33 bits per heavy atom. The Hall–Kier alpha value is -1.46. The number of benzene rings is 1. The predicted octanol–water partition coefficient (Wildman–Crippen LogP) is 3.08. The molecular weight excluding hydrogens is 222 g/mol. The maximum Gasteiger partial charge on any atom is 0.149 e. The van der Waals surface area contributed by atoms with E-state index in [4.69, 9.17) is 4.74 Å². The Morgan fingerprint density at radius 1 is 1.44 bits per heavy atom. The van der Waals surface area contributed by atoms with Crippen molar-refractivity contribution < 1.29 is 4.74 Å². The SMILES string of the molecule is CC#CCOc1ccc2c(c1)C(NCC)CCC2. The van der Waals surface area contributed by atoms with Gasteiger partial charge in [0.25, 0.3) is 0 Å². The molecule has 1 aliphatic rings. The first-order chi connectivity index (χ1) is 8.85. The Morgan fingerprint density at radius 3 is 3.11 bits per heavy atom. The molecular formula is C16H21NO. The summed E-state index contributed by atoms with van der Waals surface area (Å²) in [6.45, 7) is 5.47. The first kappa shape index (κ1) is 13.0. The molecule has 0 aliphatic heterocycles. The van der Waals surface area contributed by atoms with E-state index in [1.54, 1.807) is 0 Å². The minimum atomic E-state index is 0.473. The number of hydrogen-bond acceptors (Lipinski definition) is 2. The molecule has 0 fully saturated rings. The van der Waals surface area contributed by atoms with Gasteiger partial charge in [0.05, 0.1) is 0 Å². The van der Waals surface area contributed by atoms with E-state index < -0.39 is 0 Å². The lowest BCUT2D eigenvalue weighted by atomic mass is 9.87. The summed E-state index contributed by atoms with van der Waals surface area (Å²) in [6.07, 6.45) is 3.68. The second-order valence-electron chi connectivity index (χ2n) is 4.58. The lowest BCUT2D eigenvalue weighted by molar-refractivity contribution is 0.367. The molecule has 0 bridgehead atoms. The van der Waals surface area contributed by atoms with Crippen molar-refractivity contribution in [2.75, 3.05) is 13.2 Å². The van der Waals surface area contributed by atoms with E-state index in [1.165, 1.54) is 30.4 Å². The molecule has 0 aromatic heterocycles. The Kier molecular flexibility index (Phi) is 4.66. The van der Waals surface area contributed by atoms with Crippen LogP contribution in [-0.4, -0.2) is 13.2 Å². The van der Waals surface area contributed by atoms with Crippen molar-refractivity contribution in [3.8, 4) is 17.6 Å². The van der Waals surface area contributed by atoms with Gasteiger partial charge in [0, 0.05) is 6.04 Å². The van der Waals surface area contributed by atoms with Gasteiger partial charge < -0.3 is 10.1 Å². The average molecular weight is 243 g/mol. The van der Waals surface area contributed by atoms with Gasteiger partial charge in [0.1, 0.15) is 12.4 Å². The maximum atomic E-state index is 5.64. The van der Waals surface area contributed by atoms with Crippen LogP contribution in [0.5, 0.6) is 5.75 Å². The lowest BCUT2D eigenvalue weighted by Gasteiger charge is -2.26. The molecule has 2 nitrogen and oxygen atoms in total. The molecule has 0 saturated carbocycles. The summed E-state index contributed by atoms with van der Waals surface area (Å²) in [7, 11) is 0. The average Bonchev–Trinajstić information content (AvgIpc) is 2.40. The summed E-state index contributed by atoms with van der Waals surface area (Å²) in [5.41, 5.74) is 2.87. The molecule has 18 heavy (non-hydrogen) atoms. The van der Waals surface area contributed by atoms with Crippen LogP contribution in [0.15, 0.2) is 18.2 Å². The van der Waals surface area contributed by atoms with E-state index in [0.717, 1.165) is 12.3 Å². The third-order valence-corrected chi connectivity index (χ3v) is 3.37. The Bertz CT molecular complexity index is 456. The summed E-state index contributed by atoms with van der Waals surface area (Å²) >= 11 is 0. The van der Waals surface area contributed by atoms with E-state index in [1.807, 2.05) is 6.92 Å². The van der Waals surface area contributed by atoms with Gasteiger partial charge in [0.15, 0.2) is 0 Å². The molecule has 2 rings (SSSR count). The van der Waals surface area contributed by atoms with Gasteiger partial charge in [-0.2, -0.15) is 0 Å². The van der Waals surface area contributed by atoms with Gasteiger partial charge in [-0.05, 0) is 56.0 Å². The predicted molar refractivity (Wildman–Crippen MR) is 74.7 cm³/mol. The molecule has 1 aromatic carbocycles. The summed E-state index contributed by atoms with van der Waals surface area (Å²) in [5, 5.41) is 3.55. The van der Waals surface area contributed by atoms with Crippen LogP contribution >= 0.6 is 0 Å². The normalized spacial score (nSPS) is 17.6. The number of ether oxygens (including phenoxy) is 1. The molecule has 1 aromatic rings. The van der Waals surface area contributed by atoms with Gasteiger partial charge in [-0.3, -0.25) is 0 Å². The van der Waals surface area contributed by atoms with Crippen LogP contribution in [0.1, 0.15) is 43.9 Å². The molecule has 0 spiro atoms. The molecule has 0 heterocycles. The van der Waals surface area contributed by atoms with E-state index in [0.29, 0.717) is 12.6 Å². The second-order valence-corrected chi connectivity index (χ2v) is 4.58. The molecule has 1 N–H and O–H groups in total. The maximum absolute atomic E-state index is 5.64. The molecule has 1 unspecified atom stereocenters. The second kappa shape index (κ2) is 6.47. The van der Waals surface area contributed by atoms with Crippen molar-refractivity contribution in [1.82, 2.24) is 5.32 Å². The molecule has 96 valence electrons. The van der Waals surface area contributed by atoms with Crippen LogP contribution in [0.4, 0.5) is 0 Å². The summed E-state index contributed by atoms with van der Waals surface area (Å²) in [5.74, 6) is 6.70. The van der Waals surface area contributed by atoms with Crippen LogP contribution < -0.4 is 10.1 Å². The van der Waals surface area contributed by atoms with Crippen molar-refractivity contribution in [1.29, 1.82) is 0 Å². The third kappa shape index (κ3) is 3.05. The number of aryl methyl sites for hydroxylation is 1. The third-order valence-electron chi connectivity index (χ3n) is 3.37. The fourth-order valence-corrected chi connectivity index (χ4v) is 2.52. The van der Waals surface area contributed by atoms with E-state index >= 15 is 0 Å². The van der Waals surface area contributed by atoms with Gasteiger partial charge in [0.2, 0.25) is 0 Å². The quantitative estimate of drug-likeness (QED) is 0.821. The Balaban J connectivity index is 2.16. The highest BCUT2D eigenvalue weighted by Gasteiger charge is 2.19. The highest BCUT2D eigenvalue weighted by molar-refractivity contribution is 5.39. The van der Waals surface area contributed by atoms with Crippen LogP contribution in [0.3, 0.4) is 0 Å². The number of hydrogen-bond donors (Lipinski definition) is 1. The number of rotatable bonds is 4. The van der Waals surface area contributed by atoms with Gasteiger partial charge in [-0.25, -0.2) is 0 Å². The van der Waals surface area contributed by atoms with Crippen LogP contribution in [0.2, 0.25) is 0 Å². The molecule has 0 saturated heterocycles. The monoisotopic (exact) mass is 243 g/mol. The van der Waals surface area contributed by atoms with E-state index in [9.17, 15) is 0 Å². The first-order valence-corrected chi connectivity index (χ1v) is 6.73. The van der Waals surface area contributed by atoms with Crippen molar-refractivity contribution in [3.63, 3.8) is 0 Å². The highest BCUT2D eigenvalue weighted by Crippen LogP contribution is 2.32. The summed E-state index contributed by atoms with van der Waals surface area (Å²) in [4.78, 5) is 0. The minimum absolute atomic E-state index is 0.473. The fraction of sp³-hybridized carbons (Fsp3) is 0.500. The zero-order valence-electron chi connectivity index (χ0n) is 11.3. The van der Waals surface area contributed by atoms with Crippen molar-refractivity contribution >= 4 is 0 Å². The van der Waals surface area contributed by atoms with Crippen LogP contribution in [0, 0.1) is 11.8 Å². The van der Waals surface area contributed by atoms with E-state index in [-0.39, 0.29) is 0 Å². The van der Waals surface area contributed by atoms with Gasteiger partial charge in [-0.15, -0.1) is 5.92 Å². The molecule has 1 aliphatic carbocycles.